The standard InChI is InChI=1S/C21H20FNO6/c1-20(18(25)26)9-8-15(21(29,11-20)19(27)28)17(24)16-7-6-14(23-16)10-12-2-4-13(22)5-3-12/h2-9,15,23,29H,10-11H2,1H3,(H,25,26)(H,27,28). The van der Waals surface area contributed by atoms with Gasteiger partial charge in [0.1, 0.15) is 5.82 Å². The molecule has 0 bridgehead atoms. The molecule has 1 aromatic carbocycles. The van der Waals surface area contributed by atoms with Crippen LogP contribution in [0.1, 0.15) is 35.1 Å². The van der Waals surface area contributed by atoms with Crippen molar-refractivity contribution in [2.45, 2.75) is 25.4 Å². The van der Waals surface area contributed by atoms with Crippen molar-refractivity contribution in [1.82, 2.24) is 4.98 Å². The first-order valence-corrected chi connectivity index (χ1v) is 8.90. The highest BCUT2D eigenvalue weighted by atomic mass is 19.1. The van der Waals surface area contributed by atoms with E-state index in [1.54, 1.807) is 18.2 Å². The number of carbonyl (C=O) groups is 3. The van der Waals surface area contributed by atoms with Crippen molar-refractivity contribution in [3.05, 3.63) is 71.3 Å². The molecule has 7 nitrogen and oxygen atoms in total. The highest BCUT2D eigenvalue weighted by molar-refractivity contribution is 6.02. The first kappa shape index (κ1) is 20.5. The normalized spacial score (nSPS) is 26.2. The van der Waals surface area contributed by atoms with Crippen molar-refractivity contribution in [2.75, 3.05) is 0 Å². The zero-order valence-corrected chi connectivity index (χ0v) is 15.6. The van der Waals surface area contributed by atoms with Gasteiger partial charge in [-0.2, -0.15) is 0 Å². The molecule has 29 heavy (non-hydrogen) atoms. The molecule has 0 amide bonds. The van der Waals surface area contributed by atoms with Crippen LogP contribution in [0.2, 0.25) is 0 Å². The van der Waals surface area contributed by atoms with Gasteiger partial charge < -0.3 is 20.3 Å². The van der Waals surface area contributed by atoms with Gasteiger partial charge in [0, 0.05) is 18.5 Å². The number of carboxylic acid groups (broad SMARTS) is 2. The number of H-pyrrole nitrogens is 1. The number of aromatic amines is 1. The maximum absolute atomic E-state index is 13.0. The molecule has 4 N–H and O–H groups in total. The number of halogens is 1. The predicted octanol–water partition coefficient (Wildman–Crippen LogP) is 2.41. The van der Waals surface area contributed by atoms with Gasteiger partial charge in [-0.15, -0.1) is 0 Å². The number of benzene rings is 1. The number of rotatable bonds is 6. The maximum atomic E-state index is 13.0. The summed E-state index contributed by atoms with van der Waals surface area (Å²) in [5.74, 6) is -5.42. The van der Waals surface area contributed by atoms with E-state index in [1.165, 1.54) is 31.2 Å². The molecule has 3 unspecified atom stereocenters. The second-order valence-electron chi connectivity index (χ2n) is 7.53. The Labute approximate surface area is 165 Å². The van der Waals surface area contributed by atoms with Crippen LogP contribution < -0.4 is 0 Å². The topological polar surface area (TPSA) is 128 Å². The Morgan fingerprint density at radius 2 is 1.76 bits per heavy atom. The van der Waals surface area contributed by atoms with Gasteiger partial charge in [-0.3, -0.25) is 9.59 Å². The minimum atomic E-state index is -2.55. The van der Waals surface area contributed by atoms with Gasteiger partial charge in [0.25, 0.3) is 0 Å². The van der Waals surface area contributed by atoms with Crippen molar-refractivity contribution in [2.24, 2.45) is 11.3 Å². The molecule has 8 heteroatoms. The largest absolute Gasteiger partial charge is 0.481 e. The lowest BCUT2D eigenvalue weighted by Gasteiger charge is -2.38. The summed E-state index contributed by atoms with van der Waals surface area (Å²) in [4.78, 5) is 39.0. The first-order chi connectivity index (χ1) is 13.5. The minimum Gasteiger partial charge on any atom is -0.481 e. The molecule has 152 valence electrons. The summed E-state index contributed by atoms with van der Waals surface area (Å²) in [5, 5.41) is 29.6. The third kappa shape index (κ3) is 3.84. The van der Waals surface area contributed by atoms with Crippen LogP contribution >= 0.6 is 0 Å². The van der Waals surface area contributed by atoms with E-state index in [0.29, 0.717) is 12.1 Å². The molecule has 1 aliphatic carbocycles. The van der Waals surface area contributed by atoms with E-state index < -0.39 is 41.1 Å². The summed E-state index contributed by atoms with van der Waals surface area (Å²) >= 11 is 0. The Morgan fingerprint density at radius 1 is 1.10 bits per heavy atom. The van der Waals surface area contributed by atoms with E-state index in [-0.39, 0.29) is 11.5 Å². The molecular formula is C21H20FNO6. The number of carbonyl (C=O) groups excluding carboxylic acids is 1. The van der Waals surface area contributed by atoms with Crippen LogP contribution in [0.3, 0.4) is 0 Å². The Balaban J connectivity index is 1.87. The van der Waals surface area contributed by atoms with Crippen LogP contribution in [0, 0.1) is 17.2 Å². The zero-order valence-electron chi connectivity index (χ0n) is 15.6. The molecule has 0 aliphatic heterocycles. The van der Waals surface area contributed by atoms with Crippen LogP contribution in [0.25, 0.3) is 0 Å². The van der Waals surface area contributed by atoms with E-state index in [2.05, 4.69) is 4.98 Å². The summed E-state index contributed by atoms with van der Waals surface area (Å²) in [6.07, 6.45) is 2.15. The van der Waals surface area contributed by atoms with Gasteiger partial charge in [-0.25, -0.2) is 9.18 Å². The summed E-state index contributed by atoms with van der Waals surface area (Å²) in [5.41, 5.74) is -2.61. The molecule has 0 radical (unpaired) electrons. The van der Waals surface area contributed by atoms with Crippen molar-refractivity contribution < 1.29 is 34.1 Å². The third-order valence-corrected chi connectivity index (χ3v) is 5.27. The molecule has 2 aromatic rings. The van der Waals surface area contributed by atoms with E-state index >= 15 is 0 Å². The van der Waals surface area contributed by atoms with Crippen LogP contribution in [0.15, 0.2) is 48.6 Å². The van der Waals surface area contributed by atoms with Crippen molar-refractivity contribution in [3.8, 4) is 0 Å². The van der Waals surface area contributed by atoms with Gasteiger partial charge in [0.05, 0.1) is 17.0 Å². The van der Waals surface area contributed by atoms with Gasteiger partial charge in [-0.1, -0.05) is 24.3 Å². The molecule has 1 heterocycles. The fourth-order valence-electron chi connectivity index (χ4n) is 3.53. The summed E-state index contributed by atoms with van der Waals surface area (Å²) < 4.78 is 13.0. The second kappa shape index (κ2) is 7.29. The van der Waals surface area contributed by atoms with Crippen LogP contribution in [0.5, 0.6) is 0 Å². The Bertz CT molecular complexity index is 995. The predicted molar refractivity (Wildman–Crippen MR) is 99.9 cm³/mol. The van der Waals surface area contributed by atoms with Gasteiger partial charge in [0.2, 0.25) is 0 Å². The van der Waals surface area contributed by atoms with E-state index in [1.807, 2.05) is 0 Å². The SMILES string of the molecule is CC1(C(=O)O)C=CC(C(=O)c2ccc(Cc3ccc(F)cc3)[nH]2)C(O)(C(=O)O)C1. The molecule has 1 aromatic heterocycles. The monoisotopic (exact) mass is 401 g/mol. The summed E-state index contributed by atoms with van der Waals surface area (Å²) in [7, 11) is 0. The average molecular weight is 401 g/mol. The van der Waals surface area contributed by atoms with Crippen molar-refractivity contribution in [3.63, 3.8) is 0 Å². The number of aliphatic hydroxyl groups is 1. The highest BCUT2D eigenvalue weighted by Crippen LogP contribution is 2.41. The van der Waals surface area contributed by atoms with Crippen molar-refractivity contribution >= 4 is 17.7 Å². The smallest absolute Gasteiger partial charge is 0.336 e. The number of aliphatic carboxylic acids is 2. The first-order valence-electron chi connectivity index (χ1n) is 8.90. The fraction of sp³-hybridized carbons (Fsp3) is 0.286. The summed E-state index contributed by atoms with van der Waals surface area (Å²) in [6, 6.07) is 8.98. The van der Waals surface area contributed by atoms with Crippen LogP contribution in [-0.2, 0) is 16.0 Å². The number of ketones is 1. The zero-order chi connectivity index (χ0) is 21.4. The lowest BCUT2D eigenvalue weighted by Crippen LogP contribution is -2.54. The third-order valence-electron chi connectivity index (χ3n) is 5.27. The average Bonchev–Trinajstić information content (AvgIpc) is 3.11. The Kier molecular flexibility index (Phi) is 5.15. The number of carboxylic acids is 2. The number of nitrogens with one attached hydrogen (secondary N) is 1. The fourth-order valence-corrected chi connectivity index (χ4v) is 3.53. The molecule has 1 aliphatic rings. The van der Waals surface area contributed by atoms with Crippen LogP contribution in [-0.4, -0.2) is 43.6 Å². The number of aromatic nitrogens is 1. The Morgan fingerprint density at radius 3 is 2.34 bits per heavy atom. The van der Waals surface area contributed by atoms with Gasteiger partial charge >= 0.3 is 11.9 Å². The van der Waals surface area contributed by atoms with Crippen LogP contribution in [0.4, 0.5) is 4.39 Å². The Hall–Kier alpha value is -3.26. The molecular weight excluding hydrogens is 381 g/mol. The number of hydrogen-bond acceptors (Lipinski definition) is 4. The highest BCUT2D eigenvalue weighted by Gasteiger charge is 2.55. The molecule has 0 fully saturated rings. The lowest BCUT2D eigenvalue weighted by atomic mass is 9.66. The second-order valence-corrected chi connectivity index (χ2v) is 7.53. The minimum absolute atomic E-state index is 0.0929. The molecule has 0 saturated carbocycles. The molecule has 3 atom stereocenters. The van der Waals surface area contributed by atoms with Crippen molar-refractivity contribution in [1.29, 1.82) is 0 Å². The van der Waals surface area contributed by atoms with E-state index in [0.717, 1.165) is 11.6 Å². The number of hydrogen-bond donors (Lipinski definition) is 4. The lowest BCUT2D eigenvalue weighted by molar-refractivity contribution is -0.169. The maximum Gasteiger partial charge on any atom is 0.336 e. The van der Waals surface area contributed by atoms with E-state index in [9.17, 15) is 34.1 Å². The van der Waals surface area contributed by atoms with Gasteiger partial charge in [-0.05, 0) is 36.8 Å². The molecule has 0 spiro atoms. The number of Topliss-reactive ketones (excluding diaryl/α,β-unsaturated/α-hetero) is 1. The van der Waals surface area contributed by atoms with E-state index in [4.69, 9.17) is 0 Å². The van der Waals surface area contributed by atoms with Gasteiger partial charge in [0.15, 0.2) is 11.4 Å². The summed E-state index contributed by atoms with van der Waals surface area (Å²) in [6.45, 7) is 1.29. The molecule has 3 rings (SSSR count). The quantitative estimate of drug-likeness (QED) is 0.435. The molecule has 0 saturated heterocycles.